The van der Waals surface area contributed by atoms with Gasteiger partial charge in [0.25, 0.3) is 0 Å². The maximum absolute atomic E-state index is 12.7. The van der Waals surface area contributed by atoms with Crippen LogP contribution in [0.2, 0.25) is 0 Å². The fourth-order valence-electron chi connectivity index (χ4n) is 4.11. The second-order valence-corrected chi connectivity index (χ2v) is 6.89. The van der Waals surface area contributed by atoms with E-state index in [0.717, 1.165) is 42.6 Å². The SMILES string of the molecule is CCOc1ccccc1-c1ccccc1C1CCCC[C@H]1C(=O)NCC#N. The van der Waals surface area contributed by atoms with Gasteiger partial charge in [-0.15, -0.1) is 0 Å². The largest absolute Gasteiger partial charge is 0.493 e. The first-order valence-corrected chi connectivity index (χ1v) is 9.72. The summed E-state index contributed by atoms with van der Waals surface area (Å²) < 4.78 is 5.85. The Kier molecular flexibility index (Phi) is 6.49. The number of ether oxygens (including phenoxy) is 1. The fraction of sp³-hybridized carbons (Fsp3) is 0.391. The van der Waals surface area contributed by atoms with Crippen molar-refractivity contribution in [1.29, 1.82) is 5.26 Å². The molecule has 1 amide bonds. The van der Waals surface area contributed by atoms with Crippen molar-refractivity contribution in [3.8, 4) is 22.9 Å². The van der Waals surface area contributed by atoms with Crippen molar-refractivity contribution >= 4 is 5.91 Å². The van der Waals surface area contributed by atoms with Crippen molar-refractivity contribution in [3.05, 3.63) is 54.1 Å². The van der Waals surface area contributed by atoms with Crippen LogP contribution in [0.25, 0.3) is 11.1 Å². The zero-order valence-electron chi connectivity index (χ0n) is 15.8. The van der Waals surface area contributed by atoms with E-state index in [2.05, 4.69) is 23.5 Å². The molecule has 1 saturated carbocycles. The molecule has 1 aliphatic carbocycles. The highest BCUT2D eigenvalue weighted by molar-refractivity contribution is 5.81. The van der Waals surface area contributed by atoms with Crippen LogP contribution in [-0.2, 0) is 4.79 Å². The summed E-state index contributed by atoms with van der Waals surface area (Å²) in [6.07, 6.45) is 4.02. The molecule has 0 saturated heterocycles. The molecule has 0 bridgehead atoms. The van der Waals surface area contributed by atoms with Crippen molar-refractivity contribution in [1.82, 2.24) is 5.32 Å². The number of nitrogens with one attached hydrogen (secondary N) is 1. The minimum absolute atomic E-state index is 0.00542. The highest BCUT2D eigenvalue weighted by Crippen LogP contribution is 2.43. The van der Waals surface area contributed by atoms with E-state index in [-0.39, 0.29) is 24.3 Å². The summed E-state index contributed by atoms with van der Waals surface area (Å²) in [5.74, 6) is 0.929. The third-order valence-corrected chi connectivity index (χ3v) is 5.28. The maximum atomic E-state index is 12.7. The summed E-state index contributed by atoms with van der Waals surface area (Å²) in [5, 5.41) is 11.6. The molecule has 0 aliphatic heterocycles. The summed E-state index contributed by atoms with van der Waals surface area (Å²) in [6.45, 7) is 2.66. The Morgan fingerprint density at radius 2 is 1.81 bits per heavy atom. The van der Waals surface area contributed by atoms with Crippen molar-refractivity contribution in [3.63, 3.8) is 0 Å². The van der Waals surface area contributed by atoms with E-state index in [4.69, 9.17) is 10.00 Å². The van der Waals surface area contributed by atoms with Gasteiger partial charge in [-0.3, -0.25) is 4.79 Å². The molecule has 4 heteroatoms. The Balaban J connectivity index is 2.00. The minimum Gasteiger partial charge on any atom is -0.493 e. The normalized spacial score (nSPS) is 19.1. The Hall–Kier alpha value is -2.80. The van der Waals surface area contributed by atoms with Crippen molar-refractivity contribution < 1.29 is 9.53 Å². The molecular weight excluding hydrogens is 336 g/mol. The monoisotopic (exact) mass is 362 g/mol. The minimum atomic E-state index is -0.0903. The van der Waals surface area contributed by atoms with E-state index in [1.165, 1.54) is 5.56 Å². The van der Waals surface area contributed by atoms with Crippen LogP contribution >= 0.6 is 0 Å². The Morgan fingerprint density at radius 3 is 2.59 bits per heavy atom. The molecule has 140 valence electrons. The molecule has 2 aromatic rings. The van der Waals surface area contributed by atoms with Crippen LogP contribution in [-0.4, -0.2) is 19.1 Å². The van der Waals surface area contributed by atoms with Gasteiger partial charge in [0.2, 0.25) is 5.91 Å². The summed E-state index contributed by atoms with van der Waals surface area (Å²) in [4.78, 5) is 12.7. The molecule has 0 radical (unpaired) electrons. The molecule has 4 nitrogen and oxygen atoms in total. The van der Waals surface area contributed by atoms with Crippen LogP contribution in [0, 0.1) is 17.2 Å². The number of benzene rings is 2. The molecule has 0 aromatic heterocycles. The van der Waals surface area contributed by atoms with Crippen LogP contribution in [0.1, 0.15) is 44.1 Å². The molecule has 27 heavy (non-hydrogen) atoms. The second kappa shape index (κ2) is 9.23. The highest BCUT2D eigenvalue weighted by atomic mass is 16.5. The molecule has 0 heterocycles. The first kappa shape index (κ1) is 19.0. The van der Waals surface area contributed by atoms with Gasteiger partial charge in [-0.05, 0) is 42.9 Å². The van der Waals surface area contributed by atoms with Gasteiger partial charge in [0.05, 0.1) is 12.7 Å². The summed E-state index contributed by atoms with van der Waals surface area (Å²) in [6, 6.07) is 18.4. The predicted octanol–water partition coefficient (Wildman–Crippen LogP) is 4.67. The van der Waals surface area contributed by atoms with Crippen molar-refractivity contribution in [2.45, 2.75) is 38.5 Å². The number of nitriles is 1. The van der Waals surface area contributed by atoms with Crippen molar-refractivity contribution in [2.24, 2.45) is 5.92 Å². The fourth-order valence-corrected chi connectivity index (χ4v) is 4.11. The van der Waals surface area contributed by atoms with Gasteiger partial charge in [-0.2, -0.15) is 5.26 Å². The van der Waals surface area contributed by atoms with E-state index in [1.54, 1.807) is 0 Å². The molecule has 1 aliphatic rings. The van der Waals surface area contributed by atoms with Crippen LogP contribution in [0.3, 0.4) is 0 Å². The third kappa shape index (κ3) is 4.31. The number of rotatable bonds is 6. The molecule has 0 spiro atoms. The van der Waals surface area contributed by atoms with Crippen LogP contribution < -0.4 is 10.1 Å². The molecule has 3 rings (SSSR count). The zero-order valence-corrected chi connectivity index (χ0v) is 15.8. The van der Waals surface area contributed by atoms with Gasteiger partial charge < -0.3 is 10.1 Å². The lowest BCUT2D eigenvalue weighted by Crippen LogP contribution is -2.36. The molecule has 2 atom stereocenters. The number of amides is 1. The van der Waals surface area contributed by atoms with E-state index < -0.39 is 0 Å². The topological polar surface area (TPSA) is 62.1 Å². The second-order valence-electron chi connectivity index (χ2n) is 6.89. The van der Waals surface area contributed by atoms with Crippen LogP contribution in [0.15, 0.2) is 48.5 Å². The molecule has 1 N–H and O–H groups in total. The van der Waals surface area contributed by atoms with Crippen LogP contribution in [0.5, 0.6) is 5.75 Å². The standard InChI is InChI=1S/C23H26N2O2/c1-2-27-22-14-8-7-12-20(22)18-10-4-3-9-17(18)19-11-5-6-13-21(19)23(26)25-16-15-24/h3-4,7-10,12,14,19,21H,2,5-6,11,13,16H2,1H3,(H,25,26)/t19?,21-/m1/s1. The smallest absolute Gasteiger partial charge is 0.224 e. The molecular formula is C23H26N2O2. The van der Waals surface area contributed by atoms with E-state index in [0.29, 0.717) is 6.61 Å². The lowest BCUT2D eigenvalue weighted by atomic mass is 9.73. The van der Waals surface area contributed by atoms with Gasteiger partial charge in [0.15, 0.2) is 0 Å². The number of para-hydroxylation sites is 1. The van der Waals surface area contributed by atoms with Gasteiger partial charge in [0.1, 0.15) is 12.3 Å². The number of hydrogen-bond donors (Lipinski definition) is 1. The average Bonchev–Trinajstić information content (AvgIpc) is 2.73. The zero-order chi connectivity index (χ0) is 19.1. The maximum Gasteiger partial charge on any atom is 0.224 e. The summed E-state index contributed by atoms with van der Waals surface area (Å²) in [7, 11) is 0. The molecule has 1 fully saturated rings. The Labute approximate surface area is 161 Å². The van der Waals surface area contributed by atoms with E-state index in [9.17, 15) is 4.79 Å². The summed E-state index contributed by atoms with van der Waals surface area (Å²) in [5.41, 5.74) is 3.39. The van der Waals surface area contributed by atoms with Gasteiger partial charge in [-0.25, -0.2) is 0 Å². The molecule has 2 aromatic carbocycles. The van der Waals surface area contributed by atoms with E-state index >= 15 is 0 Å². The van der Waals surface area contributed by atoms with Gasteiger partial charge in [-0.1, -0.05) is 55.3 Å². The first-order valence-electron chi connectivity index (χ1n) is 9.72. The Bertz CT molecular complexity index is 825. The predicted molar refractivity (Wildman–Crippen MR) is 106 cm³/mol. The Morgan fingerprint density at radius 1 is 1.11 bits per heavy atom. The number of carbonyl (C=O) groups excluding carboxylic acids is 1. The van der Waals surface area contributed by atoms with Gasteiger partial charge >= 0.3 is 0 Å². The number of hydrogen-bond acceptors (Lipinski definition) is 3. The first-order chi connectivity index (χ1) is 13.3. The lowest BCUT2D eigenvalue weighted by molar-refractivity contribution is -0.126. The van der Waals surface area contributed by atoms with Crippen molar-refractivity contribution in [2.75, 3.05) is 13.2 Å². The van der Waals surface area contributed by atoms with E-state index in [1.807, 2.05) is 43.3 Å². The van der Waals surface area contributed by atoms with Gasteiger partial charge in [0, 0.05) is 11.5 Å². The highest BCUT2D eigenvalue weighted by Gasteiger charge is 2.33. The lowest BCUT2D eigenvalue weighted by Gasteiger charge is -2.32. The third-order valence-electron chi connectivity index (χ3n) is 5.28. The quantitative estimate of drug-likeness (QED) is 0.760. The van der Waals surface area contributed by atoms with Crippen LogP contribution in [0.4, 0.5) is 0 Å². The number of carbonyl (C=O) groups is 1. The number of nitrogens with zero attached hydrogens (tertiary/aromatic N) is 1. The average molecular weight is 362 g/mol. The molecule has 1 unspecified atom stereocenters. The summed E-state index contributed by atoms with van der Waals surface area (Å²) >= 11 is 0.